The van der Waals surface area contributed by atoms with E-state index in [1.807, 2.05) is 19.1 Å². The van der Waals surface area contributed by atoms with Crippen molar-refractivity contribution in [2.75, 3.05) is 25.5 Å². The van der Waals surface area contributed by atoms with Gasteiger partial charge in [0.05, 0.1) is 12.2 Å². The number of carbonyl (C=O) groups excluding carboxylic acids is 1. The molecular weight excluding hydrogens is 228 g/mol. The van der Waals surface area contributed by atoms with Gasteiger partial charge in [0.2, 0.25) is 0 Å². The van der Waals surface area contributed by atoms with Gasteiger partial charge in [-0.1, -0.05) is 12.1 Å². The SMILES string of the molecule is Cc1cccc(N)c1C(=O)NCCOCC1CC1. The van der Waals surface area contributed by atoms with Crippen molar-refractivity contribution < 1.29 is 9.53 Å². The molecule has 4 nitrogen and oxygen atoms in total. The average molecular weight is 248 g/mol. The Labute approximate surface area is 108 Å². The highest BCUT2D eigenvalue weighted by atomic mass is 16.5. The van der Waals surface area contributed by atoms with E-state index in [2.05, 4.69) is 5.32 Å². The molecule has 0 heterocycles. The predicted molar refractivity (Wildman–Crippen MR) is 71.5 cm³/mol. The molecular formula is C14H20N2O2. The van der Waals surface area contributed by atoms with Gasteiger partial charge in [-0.2, -0.15) is 0 Å². The normalized spacial score (nSPS) is 14.5. The third kappa shape index (κ3) is 3.47. The van der Waals surface area contributed by atoms with Gasteiger partial charge in [-0.25, -0.2) is 0 Å². The number of benzene rings is 1. The van der Waals surface area contributed by atoms with E-state index in [9.17, 15) is 4.79 Å². The van der Waals surface area contributed by atoms with Crippen molar-refractivity contribution in [2.24, 2.45) is 5.92 Å². The summed E-state index contributed by atoms with van der Waals surface area (Å²) in [6.45, 7) is 3.80. The van der Waals surface area contributed by atoms with Crippen LogP contribution in [-0.4, -0.2) is 25.7 Å². The van der Waals surface area contributed by atoms with Crippen molar-refractivity contribution in [1.82, 2.24) is 5.32 Å². The Morgan fingerprint density at radius 3 is 2.94 bits per heavy atom. The van der Waals surface area contributed by atoms with Gasteiger partial charge in [0.15, 0.2) is 0 Å². The summed E-state index contributed by atoms with van der Waals surface area (Å²) < 4.78 is 5.46. The fourth-order valence-electron chi connectivity index (χ4n) is 1.86. The summed E-state index contributed by atoms with van der Waals surface area (Å²) >= 11 is 0. The lowest BCUT2D eigenvalue weighted by Gasteiger charge is -2.10. The number of carbonyl (C=O) groups is 1. The molecule has 1 saturated carbocycles. The number of amides is 1. The fraction of sp³-hybridized carbons (Fsp3) is 0.500. The monoisotopic (exact) mass is 248 g/mol. The zero-order valence-corrected chi connectivity index (χ0v) is 10.7. The molecule has 1 aliphatic rings. The van der Waals surface area contributed by atoms with Crippen molar-refractivity contribution in [3.8, 4) is 0 Å². The van der Waals surface area contributed by atoms with E-state index in [1.165, 1.54) is 12.8 Å². The minimum atomic E-state index is -0.124. The van der Waals surface area contributed by atoms with E-state index >= 15 is 0 Å². The first-order valence-electron chi connectivity index (χ1n) is 6.39. The van der Waals surface area contributed by atoms with Crippen molar-refractivity contribution in [1.29, 1.82) is 0 Å². The highest BCUT2D eigenvalue weighted by Crippen LogP contribution is 2.28. The van der Waals surface area contributed by atoms with Crippen LogP contribution in [0.3, 0.4) is 0 Å². The Morgan fingerprint density at radius 1 is 1.50 bits per heavy atom. The van der Waals surface area contributed by atoms with Crippen LogP contribution in [0, 0.1) is 12.8 Å². The summed E-state index contributed by atoms with van der Waals surface area (Å²) in [5, 5.41) is 2.83. The number of hydrogen-bond donors (Lipinski definition) is 2. The maximum Gasteiger partial charge on any atom is 0.253 e. The van der Waals surface area contributed by atoms with Crippen LogP contribution >= 0.6 is 0 Å². The molecule has 2 rings (SSSR count). The number of hydrogen-bond acceptors (Lipinski definition) is 3. The van der Waals surface area contributed by atoms with Crippen LogP contribution in [0.25, 0.3) is 0 Å². The van der Waals surface area contributed by atoms with E-state index in [4.69, 9.17) is 10.5 Å². The minimum absolute atomic E-state index is 0.124. The highest BCUT2D eigenvalue weighted by Gasteiger charge is 2.21. The van der Waals surface area contributed by atoms with Gasteiger partial charge in [-0.05, 0) is 37.3 Å². The van der Waals surface area contributed by atoms with Crippen LogP contribution in [-0.2, 0) is 4.74 Å². The van der Waals surface area contributed by atoms with E-state index in [0.29, 0.717) is 24.4 Å². The van der Waals surface area contributed by atoms with Gasteiger partial charge < -0.3 is 15.8 Å². The van der Waals surface area contributed by atoms with Gasteiger partial charge in [-0.15, -0.1) is 0 Å². The molecule has 0 unspecified atom stereocenters. The molecule has 0 aromatic heterocycles. The number of nitrogens with two attached hydrogens (primary N) is 1. The van der Waals surface area contributed by atoms with Gasteiger partial charge in [0.1, 0.15) is 0 Å². The Morgan fingerprint density at radius 2 is 2.28 bits per heavy atom. The van der Waals surface area contributed by atoms with Crippen molar-refractivity contribution in [3.05, 3.63) is 29.3 Å². The molecule has 1 amide bonds. The lowest BCUT2D eigenvalue weighted by Crippen LogP contribution is -2.28. The Kier molecular flexibility index (Phi) is 4.20. The third-order valence-electron chi connectivity index (χ3n) is 3.11. The topological polar surface area (TPSA) is 64.4 Å². The first kappa shape index (κ1) is 12.9. The van der Waals surface area contributed by atoms with Gasteiger partial charge in [-0.3, -0.25) is 4.79 Å². The molecule has 4 heteroatoms. The van der Waals surface area contributed by atoms with Gasteiger partial charge in [0, 0.05) is 18.8 Å². The lowest BCUT2D eigenvalue weighted by molar-refractivity contribution is 0.0907. The van der Waals surface area contributed by atoms with E-state index in [1.54, 1.807) is 6.07 Å². The highest BCUT2D eigenvalue weighted by molar-refractivity contribution is 6.00. The zero-order valence-electron chi connectivity index (χ0n) is 10.7. The average Bonchev–Trinajstić information content (AvgIpc) is 3.12. The molecule has 0 atom stereocenters. The molecule has 98 valence electrons. The number of rotatable bonds is 6. The maximum atomic E-state index is 11.9. The summed E-state index contributed by atoms with van der Waals surface area (Å²) in [5.74, 6) is 0.633. The minimum Gasteiger partial charge on any atom is -0.398 e. The smallest absolute Gasteiger partial charge is 0.253 e. The van der Waals surface area contributed by atoms with Crippen LogP contribution in [0.2, 0.25) is 0 Å². The van der Waals surface area contributed by atoms with Crippen molar-refractivity contribution in [3.63, 3.8) is 0 Å². The second-order valence-electron chi connectivity index (χ2n) is 4.81. The number of nitrogens with one attached hydrogen (secondary N) is 1. The van der Waals surface area contributed by atoms with Crippen LogP contribution in [0.4, 0.5) is 5.69 Å². The molecule has 0 bridgehead atoms. The zero-order chi connectivity index (χ0) is 13.0. The summed E-state index contributed by atoms with van der Waals surface area (Å²) in [6.07, 6.45) is 2.57. The summed E-state index contributed by atoms with van der Waals surface area (Å²) in [5.41, 5.74) is 7.79. The second kappa shape index (κ2) is 5.87. The Bertz CT molecular complexity index is 408. The molecule has 0 aliphatic heterocycles. The third-order valence-corrected chi connectivity index (χ3v) is 3.11. The quantitative estimate of drug-likeness (QED) is 0.595. The van der Waals surface area contributed by atoms with Crippen LogP contribution < -0.4 is 11.1 Å². The maximum absolute atomic E-state index is 11.9. The molecule has 3 N–H and O–H groups in total. The first-order valence-corrected chi connectivity index (χ1v) is 6.39. The second-order valence-corrected chi connectivity index (χ2v) is 4.81. The largest absolute Gasteiger partial charge is 0.398 e. The van der Waals surface area contributed by atoms with Gasteiger partial charge in [0.25, 0.3) is 5.91 Å². The molecule has 0 saturated heterocycles. The first-order chi connectivity index (χ1) is 8.68. The Hall–Kier alpha value is -1.55. The Balaban J connectivity index is 1.76. The lowest BCUT2D eigenvalue weighted by atomic mass is 10.1. The van der Waals surface area contributed by atoms with E-state index in [0.717, 1.165) is 18.1 Å². The van der Waals surface area contributed by atoms with Gasteiger partial charge >= 0.3 is 0 Å². The number of anilines is 1. The molecule has 0 spiro atoms. The van der Waals surface area contributed by atoms with E-state index < -0.39 is 0 Å². The number of ether oxygens (including phenoxy) is 1. The van der Waals surface area contributed by atoms with E-state index in [-0.39, 0.29) is 5.91 Å². The number of aryl methyl sites for hydroxylation is 1. The van der Waals surface area contributed by atoms with Crippen LogP contribution in [0.5, 0.6) is 0 Å². The summed E-state index contributed by atoms with van der Waals surface area (Å²) in [4.78, 5) is 11.9. The van der Waals surface area contributed by atoms with Crippen LogP contribution in [0.15, 0.2) is 18.2 Å². The standard InChI is InChI=1S/C14H20N2O2/c1-10-3-2-4-12(15)13(10)14(17)16-7-8-18-9-11-5-6-11/h2-4,11H,5-9,15H2,1H3,(H,16,17). The predicted octanol–water partition coefficient (Wildman–Crippen LogP) is 1.73. The fourth-order valence-corrected chi connectivity index (χ4v) is 1.86. The molecule has 1 aliphatic carbocycles. The number of nitrogen functional groups attached to an aromatic ring is 1. The van der Waals surface area contributed by atoms with Crippen molar-refractivity contribution >= 4 is 11.6 Å². The summed E-state index contributed by atoms with van der Waals surface area (Å²) in [6, 6.07) is 5.47. The molecule has 1 aromatic rings. The van der Waals surface area contributed by atoms with Crippen molar-refractivity contribution in [2.45, 2.75) is 19.8 Å². The molecule has 1 aromatic carbocycles. The molecule has 18 heavy (non-hydrogen) atoms. The molecule has 1 fully saturated rings. The molecule has 0 radical (unpaired) electrons. The van der Waals surface area contributed by atoms with Crippen LogP contribution in [0.1, 0.15) is 28.8 Å². The summed E-state index contributed by atoms with van der Waals surface area (Å²) in [7, 11) is 0.